The lowest BCUT2D eigenvalue weighted by molar-refractivity contribution is -0.140. The molecule has 0 unspecified atom stereocenters. The summed E-state index contributed by atoms with van der Waals surface area (Å²) in [5.74, 6) is 0.291. The summed E-state index contributed by atoms with van der Waals surface area (Å²) < 4.78 is 1.60. The number of aryl methyl sites for hydroxylation is 2. The normalized spacial score (nSPS) is 18.7. The zero-order chi connectivity index (χ0) is 28.6. The van der Waals surface area contributed by atoms with Crippen LogP contribution >= 0.6 is 0 Å². The van der Waals surface area contributed by atoms with Gasteiger partial charge in [0.05, 0.1) is 5.52 Å². The summed E-state index contributed by atoms with van der Waals surface area (Å²) in [4.78, 5) is 49.9. The Kier molecular flexibility index (Phi) is 7.47. The second-order valence-corrected chi connectivity index (χ2v) is 10.7. The van der Waals surface area contributed by atoms with E-state index in [1.54, 1.807) is 22.0 Å². The Morgan fingerprint density at radius 2 is 1.70 bits per heavy atom. The van der Waals surface area contributed by atoms with Gasteiger partial charge in [0.2, 0.25) is 11.8 Å². The first kappa shape index (κ1) is 27.2. The predicted octanol–water partition coefficient (Wildman–Crippen LogP) is 4.25. The van der Waals surface area contributed by atoms with Gasteiger partial charge >= 0.3 is 0 Å². The third-order valence-electron chi connectivity index (χ3n) is 7.86. The van der Waals surface area contributed by atoms with Crippen molar-refractivity contribution in [1.82, 2.24) is 30.0 Å². The number of amides is 2. The first-order valence-electron chi connectivity index (χ1n) is 13.6. The van der Waals surface area contributed by atoms with Crippen LogP contribution in [0.15, 0.2) is 54.9 Å². The fraction of sp³-hybridized carbons (Fsp3) is 0.355. The highest BCUT2D eigenvalue weighted by Crippen LogP contribution is 2.32. The number of benzene rings is 2. The molecular weight excluding hydrogens is 504 g/mol. The van der Waals surface area contributed by atoms with E-state index in [4.69, 9.17) is 0 Å². The molecule has 0 spiro atoms. The quantitative estimate of drug-likeness (QED) is 0.352. The van der Waals surface area contributed by atoms with Crippen LogP contribution < -0.4 is 5.32 Å². The lowest BCUT2D eigenvalue weighted by atomic mass is 10.0. The molecule has 5 rings (SSSR count). The molecular formula is C31H34N6O3. The van der Waals surface area contributed by atoms with E-state index in [9.17, 15) is 14.4 Å². The van der Waals surface area contributed by atoms with Crippen LogP contribution in [-0.2, 0) is 22.7 Å². The smallest absolute Gasteiger partial charge is 0.245 e. The zero-order valence-electron chi connectivity index (χ0n) is 23.5. The van der Waals surface area contributed by atoms with Crippen molar-refractivity contribution in [3.63, 3.8) is 0 Å². The van der Waals surface area contributed by atoms with E-state index in [-0.39, 0.29) is 36.1 Å². The number of nitrogens with zero attached hydrogens (tertiary/aromatic N) is 5. The Morgan fingerprint density at radius 1 is 1.00 bits per heavy atom. The number of hydrogen-bond donors (Lipinski definition) is 1. The van der Waals surface area contributed by atoms with Gasteiger partial charge in [0.25, 0.3) is 0 Å². The van der Waals surface area contributed by atoms with Crippen LogP contribution in [0.25, 0.3) is 22.0 Å². The minimum Gasteiger partial charge on any atom is -0.350 e. The molecule has 0 radical (unpaired) electrons. The molecule has 9 nitrogen and oxygen atoms in total. The van der Waals surface area contributed by atoms with Crippen LogP contribution in [0.1, 0.15) is 54.6 Å². The van der Waals surface area contributed by atoms with E-state index in [2.05, 4.69) is 27.3 Å². The first-order chi connectivity index (χ1) is 19.1. The van der Waals surface area contributed by atoms with Crippen molar-refractivity contribution < 1.29 is 14.4 Å². The van der Waals surface area contributed by atoms with Gasteiger partial charge in [-0.2, -0.15) is 5.10 Å². The van der Waals surface area contributed by atoms with E-state index in [1.165, 1.54) is 6.92 Å². The molecule has 1 aliphatic rings. The average Bonchev–Trinajstić information content (AvgIpc) is 3.45. The molecule has 40 heavy (non-hydrogen) atoms. The van der Waals surface area contributed by atoms with Gasteiger partial charge in [-0.15, -0.1) is 0 Å². The highest BCUT2D eigenvalue weighted by Gasteiger charge is 2.43. The SMILES string of the molecule is CC(=O)c1nn(CC(=O)N2[C@H](C)[C@@H](C)C[C@H]2C(=O)NCc2ccccc2)c2c(C)cc(-c3cnc(C)nc3)cc12. The van der Waals surface area contributed by atoms with E-state index in [1.807, 2.05) is 63.2 Å². The number of ketones is 1. The Morgan fingerprint density at radius 3 is 2.38 bits per heavy atom. The fourth-order valence-electron chi connectivity index (χ4n) is 5.58. The molecule has 3 atom stereocenters. The number of aromatic nitrogens is 4. The summed E-state index contributed by atoms with van der Waals surface area (Å²) in [6.45, 7) is 9.61. The highest BCUT2D eigenvalue weighted by atomic mass is 16.2. The Labute approximate surface area is 233 Å². The predicted molar refractivity (Wildman–Crippen MR) is 152 cm³/mol. The van der Waals surface area contributed by atoms with Crippen molar-refractivity contribution in [2.24, 2.45) is 5.92 Å². The maximum atomic E-state index is 13.8. The van der Waals surface area contributed by atoms with Crippen LogP contribution in [0.5, 0.6) is 0 Å². The molecule has 2 aromatic carbocycles. The topological polar surface area (TPSA) is 110 Å². The minimum atomic E-state index is -0.565. The lowest BCUT2D eigenvalue weighted by Crippen LogP contribution is -2.49. The van der Waals surface area contributed by atoms with Crippen molar-refractivity contribution in [3.05, 3.63) is 77.5 Å². The molecule has 1 aliphatic heterocycles. The number of rotatable bonds is 7. The first-order valence-corrected chi connectivity index (χ1v) is 13.6. The number of fused-ring (bicyclic) bond motifs is 1. The molecule has 3 heterocycles. The highest BCUT2D eigenvalue weighted by molar-refractivity contribution is 6.07. The Hall–Kier alpha value is -4.40. The summed E-state index contributed by atoms with van der Waals surface area (Å²) in [5, 5.41) is 8.27. The van der Waals surface area contributed by atoms with Crippen LogP contribution in [0.2, 0.25) is 0 Å². The van der Waals surface area contributed by atoms with Crippen molar-refractivity contribution in [3.8, 4) is 11.1 Å². The molecule has 2 aromatic heterocycles. The summed E-state index contributed by atoms with van der Waals surface area (Å²) in [6.07, 6.45) is 4.10. The van der Waals surface area contributed by atoms with Gasteiger partial charge in [-0.25, -0.2) is 9.97 Å². The van der Waals surface area contributed by atoms with Crippen molar-refractivity contribution in [2.75, 3.05) is 0 Å². The van der Waals surface area contributed by atoms with Gasteiger partial charge in [0.15, 0.2) is 5.78 Å². The summed E-state index contributed by atoms with van der Waals surface area (Å²) in [6, 6.07) is 12.9. The zero-order valence-corrected chi connectivity index (χ0v) is 23.5. The molecule has 4 aromatic rings. The molecule has 0 aliphatic carbocycles. The summed E-state index contributed by atoms with van der Waals surface area (Å²) in [7, 11) is 0. The molecule has 206 valence electrons. The van der Waals surface area contributed by atoms with Crippen molar-refractivity contribution in [1.29, 1.82) is 0 Å². The minimum absolute atomic E-state index is 0.0723. The second-order valence-electron chi connectivity index (χ2n) is 10.7. The summed E-state index contributed by atoms with van der Waals surface area (Å²) in [5.41, 5.74) is 4.61. The number of Topliss-reactive ketones (excluding diaryl/α,β-unsaturated/α-hetero) is 1. The van der Waals surface area contributed by atoms with Crippen LogP contribution in [-0.4, -0.2) is 54.3 Å². The van der Waals surface area contributed by atoms with Gasteiger partial charge in [-0.1, -0.05) is 37.3 Å². The number of likely N-dealkylation sites (tertiary alicyclic amines) is 1. The van der Waals surface area contributed by atoms with Crippen LogP contribution in [0.4, 0.5) is 0 Å². The van der Waals surface area contributed by atoms with E-state index in [0.29, 0.717) is 29.9 Å². The number of carbonyl (C=O) groups is 3. The van der Waals surface area contributed by atoms with Gasteiger partial charge < -0.3 is 10.2 Å². The second kappa shape index (κ2) is 11.0. The molecule has 1 N–H and O–H groups in total. The van der Waals surface area contributed by atoms with E-state index >= 15 is 0 Å². The average molecular weight is 539 g/mol. The number of carbonyl (C=O) groups excluding carboxylic acids is 3. The van der Waals surface area contributed by atoms with Crippen molar-refractivity contribution >= 4 is 28.5 Å². The molecule has 0 bridgehead atoms. The molecule has 9 heteroatoms. The van der Waals surface area contributed by atoms with E-state index in [0.717, 1.165) is 27.8 Å². The number of hydrogen-bond acceptors (Lipinski definition) is 6. The maximum absolute atomic E-state index is 13.8. The van der Waals surface area contributed by atoms with Gasteiger partial charge in [-0.3, -0.25) is 19.1 Å². The standard InChI is InChI=1S/C31H34N6O3/c1-18-12-27(31(40)34-14-23-9-7-6-8-10-23)37(20(18)3)28(39)17-36-30-19(2)11-24(25-15-32-22(5)33-16-25)13-26(30)29(35-36)21(4)38/h6-11,13,15-16,18,20,27H,12,14,17H2,1-5H3,(H,34,40)/t18-,20+,27-/m0/s1. The monoisotopic (exact) mass is 538 g/mol. The van der Waals surface area contributed by atoms with Gasteiger partial charge in [-0.05, 0) is 61.9 Å². The van der Waals surface area contributed by atoms with Gasteiger partial charge in [0, 0.05) is 42.9 Å². The third kappa shape index (κ3) is 5.23. The molecule has 1 saturated heterocycles. The largest absolute Gasteiger partial charge is 0.350 e. The fourth-order valence-corrected chi connectivity index (χ4v) is 5.58. The Bertz CT molecular complexity index is 1580. The molecule has 0 saturated carbocycles. The Balaban J connectivity index is 1.44. The number of nitrogens with one attached hydrogen (secondary N) is 1. The lowest BCUT2D eigenvalue weighted by Gasteiger charge is -2.28. The maximum Gasteiger partial charge on any atom is 0.245 e. The van der Waals surface area contributed by atoms with Crippen LogP contribution in [0.3, 0.4) is 0 Å². The van der Waals surface area contributed by atoms with E-state index < -0.39 is 6.04 Å². The summed E-state index contributed by atoms with van der Waals surface area (Å²) >= 11 is 0. The third-order valence-corrected chi connectivity index (χ3v) is 7.86. The molecule has 2 amide bonds. The van der Waals surface area contributed by atoms with Crippen molar-refractivity contribution in [2.45, 2.75) is 66.2 Å². The van der Waals surface area contributed by atoms with Gasteiger partial charge in [0.1, 0.15) is 24.1 Å². The van der Waals surface area contributed by atoms with Crippen LogP contribution in [0, 0.1) is 19.8 Å². The molecule has 1 fully saturated rings.